The molecular formula is C17H17F2N3O3. The highest BCUT2D eigenvalue weighted by Gasteiger charge is 2.33. The van der Waals surface area contributed by atoms with Gasteiger partial charge in [-0.05, 0) is 18.2 Å². The SMILES string of the molecule is COC(=O)NCC(=O)N1CCn2cccc2C1c1ccc(F)cc1F. The molecule has 2 aromatic rings. The third-order valence-electron chi connectivity index (χ3n) is 4.19. The first kappa shape index (κ1) is 16.9. The van der Waals surface area contributed by atoms with Gasteiger partial charge in [-0.25, -0.2) is 13.6 Å². The van der Waals surface area contributed by atoms with Crippen molar-refractivity contribution in [3.8, 4) is 0 Å². The van der Waals surface area contributed by atoms with Crippen molar-refractivity contribution in [3.05, 3.63) is 59.4 Å². The van der Waals surface area contributed by atoms with Crippen LogP contribution in [0.3, 0.4) is 0 Å². The molecule has 1 aliphatic rings. The van der Waals surface area contributed by atoms with Crippen LogP contribution in [0.15, 0.2) is 36.5 Å². The summed E-state index contributed by atoms with van der Waals surface area (Å²) in [6, 6.07) is 6.20. The summed E-state index contributed by atoms with van der Waals surface area (Å²) in [5, 5.41) is 2.33. The highest BCUT2D eigenvalue weighted by Crippen LogP contribution is 2.34. The Kier molecular flexibility index (Phi) is 4.69. The normalized spacial score (nSPS) is 16.3. The van der Waals surface area contributed by atoms with Gasteiger partial charge in [-0.2, -0.15) is 0 Å². The number of hydrogen-bond donors (Lipinski definition) is 1. The number of carbonyl (C=O) groups excluding carboxylic acids is 2. The number of carbonyl (C=O) groups is 2. The molecule has 1 atom stereocenters. The number of alkyl carbamates (subject to hydrolysis) is 1. The predicted octanol–water partition coefficient (Wildman–Crippen LogP) is 2.05. The van der Waals surface area contributed by atoms with E-state index in [0.29, 0.717) is 13.1 Å². The van der Waals surface area contributed by atoms with E-state index in [-0.39, 0.29) is 18.0 Å². The molecule has 0 saturated carbocycles. The number of aromatic nitrogens is 1. The molecular weight excluding hydrogens is 332 g/mol. The van der Waals surface area contributed by atoms with E-state index in [1.54, 1.807) is 6.07 Å². The molecule has 8 heteroatoms. The van der Waals surface area contributed by atoms with Crippen LogP contribution in [0, 0.1) is 11.6 Å². The van der Waals surface area contributed by atoms with Crippen LogP contribution in [0.2, 0.25) is 0 Å². The Morgan fingerprint density at radius 1 is 1.28 bits per heavy atom. The lowest BCUT2D eigenvalue weighted by atomic mass is 9.99. The second-order valence-corrected chi connectivity index (χ2v) is 5.63. The number of nitrogens with one attached hydrogen (secondary N) is 1. The van der Waals surface area contributed by atoms with E-state index in [4.69, 9.17) is 0 Å². The molecule has 0 saturated heterocycles. The van der Waals surface area contributed by atoms with Gasteiger partial charge in [0.1, 0.15) is 24.2 Å². The standard InChI is InChI=1S/C17H17F2N3O3/c1-25-17(24)20-10-15(23)22-8-7-21-6-2-3-14(21)16(22)12-5-4-11(18)9-13(12)19/h2-6,9,16H,7-8,10H2,1H3,(H,20,24). The van der Waals surface area contributed by atoms with E-state index in [2.05, 4.69) is 10.1 Å². The fraction of sp³-hybridized carbons (Fsp3) is 0.294. The van der Waals surface area contributed by atoms with Crippen molar-refractivity contribution >= 4 is 12.0 Å². The second kappa shape index (κ2) is 6.92. The Morgan fingerprint density at radius 3 is 2.80 bits per heavy atom. The van der Waals surface area contributed by atoms with Crippen LogP contribution < -0.4 is 5.32 Å². The molecule has 0 radical (unpaired) electrons. The van der Waals surface area contributed by atoms with Gasteiger partial charge in [0.25, 0.3) is 0 Å². The van der Waals surface area contributed by atoms with Crippen molar-refractivity contribution in [2.24, 2.45) is 0 Å². The lowest BCUT2D eigenvalue weighted by Crippen LogP contribution is -2.46. The molecule has 1 unspecified atom stereocenters. The third kappa shape index (κ3) is 3.33. The quantitative estimate of drug-likeness (QED) is 0.923. The van der Waals surface area contributed by atoms with E-state index in [9.17, 15) is 18.4 Å². The number of hydrogen-bond acceptors (Lipinski definition) is 3. The largest absolute Gasteiger partial charge is 0.453 e. The van der Waals surface area contributed by atoms with Gasteiger partial charge in [0.2, 0.25) is 5.91 Å². The molecule has 132 valence electrons. The first-order chi connectivity index (χ1) is 12.0. The van der Waals surface area contributed by atoms with E-state index in [0.717, 1.165) is 17.8 Å². The number of methoxy groups -OCH3 is 1. The highest BCUT2D eigenvalue weighted by atomic mass is 19.1. The number of benzene rings is 1. The molecule has 2 heterocycles. The zero-order valence-electron chi connectivity index (χ0n) is 13.5. The van der Waals surface area contributed by atoms with Crippen molar-refractivity contribution in [2.75, 3.05) is 20.2 Å². The Bertz CT molecular complexity index is 806. The van der Waals surface area contributed by atoms with Crippen LogP contribution in [0.4, 0.5) is 13.6 Å². The summed E-state index contributed by atoms with van der Waals surface area (Å²) in [7, 11) is 1.20. The van der Waals surface area contributed by atoms with Crippen LogP contribution in [0.1, 0.15) is 17.3 Å². The van der Waals surface area contributed by atoms with E-state index in [1.807, 2.05) is 16.8 Å². The first-order valence-corrected chi connectivity index (χ1v) is 7.72. The van der Waals surface area contributed by atoms with Crippen molar-refractivity contribution in [1.29, 1.82) is 0 Å². The fourth-order valence-electron chi connectivity index (χ4n) is 3.02. The molecule has 0 aliphatic carbocycles. The Morgan fingerprint density at radius 2 is 2.08 bits per heavy atom. The minimum absolute atomic E-state index is 0.201. The maximum absolute atomic E-state index is 14.4. The minimum Gasteiger partial charge on any atom is -0.453 e. The van der Waals surface area contributed by atoms with Crippen LogP contribution >= 0.6 is 0 Å². The van der Waals surface area contributed by atoms with Crippen LogP contribution in [-0.4, -0.2) is 41.7 Å². The van der Waals surface area contributed by atoms with Gasteiger partial charge in [0.15, 0.2) is 0 Å². The van der Waals surface area contributed by atoms with Crippen LogP contribution in [0.25, 0.3) is 0 Å². The molecule has 1 aromatic heterocycles. The summed E-state index contributed by atoms with van der Waals surface area (Å²) in [6.45, 7) is 0.614. The lowest BCUT2D eigenvalue weighted by molar-refractivity contribution is -0.132. The van der Waals surface area contributed by atoms with E-state index >= 15 is 0 Å². The monoisotopic (exact) mass is 349 g/mol. The number of fused-ring (bicyclic) bond motifs is 1. The summed E-state index contributed by atoms with van der Waals surface area (Å²) in [6.07, 6.45) is 1.12. The average molecular weight is 349 g/mol. The lowest BCUT2D eigenvalue weighted by Gasteiger charge is -2.37. The maximum atomic E-state index is 14.4. The van der Waals surface area contributed by atoms with Crippen molar-refractivity contribution in [1.82, 2.24) is 14.8 Å². The fourth-order valence-corrected chi connectivity index (χ4v) is 3.02. The maximum Gasteiger partial charge on any atom is 0.407 e. The van der Waals surface area contributed by atoms with Gasteiger partial charge in [-0.3, -0.25) is 4.79 Å². The molecule has 2 amide bonds. The third-order valence-corrected chi connectivity index (χ3v) is 4.19. The van der Waals surface area contributed by atoms with Crippen molar-refractivity contribution in [3.63, 3.8) is 0 Å². The topological polar surface area (TPSA) is 63.6 Å². The molecule has 3 rings (SSSR count). The van der Waals surface area contributed by atoms with Crippen LogP contribution in [0.5, 0.6) is 0 Å². The summed E-state index contributed by atoms with van der Waals surface area (Å²) in [5.74, 6) is -1.79. The first-order valence-electron chi connectivity index (χ1n) is 7.72. The number of amides is 2. The predicted molar refractivity (Wildman–Crippen MR) is 84.8 cm³/mol. The van der Waals surface area contributed by atoms with Gasteiger partial charge < -0.3 is 19.5 Å². The highest BCUT2D eigenvalue weighted by molar-refractivity contribution is 5.83. The Hall–Kier alpha value is -2.90. The molecule has 1 aliphatic heterocycles. The summed E-state index contributed by atoms with van der Waals surface area (Å²) < 4.78 is 34.0. The molecule has 1 N–H and O–H groups in total. The second-order valence-electron chi connectivity index (χ2n) is 5.63. The molecule has 25 heavy (non-hydrogen) atoms. The van der Waals surface area contributed by atoms with Gasteiger partial charge >= 0.3 is 6.09 Å². The number of ether oxygens (including phenoxy) is 1. The van der Waals surface area contributed by atoms with Gasteiger partial charge in [-0.1, -0.05) is 6.07 Å². The number of nitrogens with zero attached hydrogens (tertiary/aromatic N) is 2. The zero-order valence-corrected chi connectivity index (χ0v) is 13.5. The number of halogens is 2. The molecule has 1 aromatic carbocycles. The molecule has 0 spiro atoms. The smallest absolute Gasteiger partial charge is 0.407 e. The Labute approximate surface area is 143 Å². The zero-order chi connectivity index (χ0) is 18.0. The summed E-state index contributed by atoms with van der Waals surface area (Å²) >= 11 is 0. The summed E-state index contributed by atoms with van der Waals surface area (Å²) in [4.78, 5) is 25.2. The number of rotatable bonds is 3. The van der Waals surface area contributed by atoms with Gasteiger partial charge in [-0.15, -0.1) is 0 Å². The van der Waals surface area contributed by atoms with Crippen molar-refractivity contribution in [2.45, 2.75) is 12.6 Å². The average Bonchev–Trinajstić information content (AvgIpc) is 3.07. The van der Waals surface area contributed by atoms with Gasteiger partial charge in [0, 0.05) is 36.6 Å². The molecule has 0 fully saturated rings. The van der Waals surface area contributed by atoms with E-state index in [1.165, 1.54) is 18.1 Å². The molecule has 6 nitrogen and oxygen atoms in total. The Balaban J connectivity index is 1.94. The van der Waals surface area contributed by atoms with Crippen molar-refractivity contribution < 1.29 is 23.1 Å². The van der Waals surface area contributed by atoms with Gasteiger partial charge in [0.05, 0.1) is 7.11 Å². The van der Waals surface area contributed by atoms with E-state index < -0.39 is 23.8 Å². The summed E-state index contributed by atoms with van der Waals surface area (Å²) in [5.41, 5.74) is 0.927. The minimum atomic E-state index is -0.724. The van der Waals surface area contributed by atoms with Crippen LogP contribution in [-0.2, 0) is 16.1 Å². The molecule has 0 bridgehead atoms.